The number of thiophene rings is 1. The fourth-order valence-electron chi connectivity index (χ4n) is 2.97. The summed E-state index contributed by atoms with van der Waals surface area (Å²) in [5.74, 6) is 1.33. The molecule has 34 heavy (non-hydrogen) atoms. The molecule has 3 rings (SSSR count). The van der Waals surface area contributed by atoms with Crippen molar-refractivity contribution in [3.8, 4) is 11.5 Å². The summed E-state index contributed by atoms with van der Waals surface area (Å²) in [6.45, 7) is 2.12. The number of thiazole rings is 1. The Morgan fingerprint density at radius 2 is 1.94 bits per heavy atom. The lowest BCUT2D eigenvalue weighted by molar-refractivity contribution is 0.0604. The first kappa shape index (κ1) is 26.9. The maximum atomic E-state index is 13.3. The summed E-state index contributed by atoms with van der Waals surface area (Å²) in [6.07, 6.45) is 0. The first-order valence-electron chi connectivity index (χ1n) is 10.1. The highest BCUT2D eigenvalue weighted by Gasteiger charge is 2.20. The van der Waals surface area contributed by atoms with Gasteiger partial charge >= 0.3 is 6.03 Å². The van der Waals surface area contributed by atoms with Gasteiger partial charge in [-0.15, -0.1) is 22.7 Å². The smallest absolute Gasteiger partial charge is 0.324 e. The van der Waals surface area contributed by atoms with Crippen LogP contribution < -0.4 is 14.8 Å². The van der Waals surface area contributed by atoms with Crippen molar-refractivity contribution in [2.24, 2.45) is 0 Å². The van der Waals surface area contributed by atoms with Gasteiger partial charge in [0, 0.05) is 33.5 Å². The fourth-order valence-corrected chi connectivity index (χ4v) is 5.84. The number of rotatable bonds is 12. The van der Waals surface area contributed by atoms with E-state index >= 15 is 0 Å². The molecule has 1 aromatic carbocycles. The van der Waals surface area contributed by atoms with Crippen molar-refractivity contribution in [3.05, 3.63) is 54.0 Å². The van der Waals surface area contributed by atoms with Crippen LogP contribution in [0.5, 0.6) is 11.5 Å². The van der Waals surface area contributed by atoms with Crippen molar-refractivity contribution in [3.63, 3.8) is 0 Å². The molecule has 0 spiro atoms. The standard InChI is InChI=1S/C22H25Br2N3O5S2/c1-29-6-7-32-12-15-13-33-21(25-15)26-22(28)27(11-17-9-18(23)20(24)34-17)10-14-4-5-16(30-2)8-19(14)31-3/h4-5,8-9,13H,6-7,10-12H2,1-3H3,(H,25,26,28). The van der Waals surface area contributed by atoms with Crippen molar-refractivity contribution in [1.29, 1.82) is 0 Å². The molecule has 0 radical (unpaired) electrons. The summed E-state index contributed by atoms with van der Waals surface area (Å²) in [5.41, 5.74) is 1.62. The lowest BCUT2D eigenvalue weighted by Crippen LogP contribution is -2.34. The number of hydrogen-bond acceptors (Lipinski definition) is 8. The van der Waals surface area contributed by atoms with Crippen molar-refractivity contribution in [2.45, 2.75) is 19.7 Å². The van der Waals surface area contributed by atoms with Crippen molar-refractivity contribution in [1.82, 2.24) is 9.88 Å². The number of urea groups is 1. The van der Waals surface area contributed by atoms with Crippen molar-refractivity contribution in [2.75, 3.05) is 39.9 Å². The minimum atomic E-state index is -0.264. The predicted octanol–water partition coefficient (Wildman–Crippen LogP) is 6.14. The number of methoxy groups -OCH3 is 3. The number of carbonyl (C=O) groups excluding carboxylic acids is 1. The Bertz CT molecular complexity index is 1070. The Balaban J connectivity index is 1.75. The van der Waals surface area contributed by atoms with Gasteiger partial charge in [-0.25, -0.2) is 9.78 Å². The maximum absolute atomic E-state index is 13.3. The molecule has 2 amide bonds. The first-order chi connectivity index (χ1) is 16.4. The molecule has 0 aliphatic rings. The topological polar surface area (TPSA) is 82.2 Å². The minimum Gasteiger partial charge on any atom is -0.497 e. The van der Waals surface area contributed by atoms with Crippen LogP contribution in [-0.4, -0.2) is 50.5 Å². The van der Waals surface area contributed by atoms with Gasteiger partial charge in [0.2, 0.25) is 0 Å². The molecule has 2 aromatic heterocycles. The number of hydrogen-bond donors (Lipinski definition) is 1. The van der Waals surface area contributed by atoms with Gasteiger partial charge in [-0.3, -0.25) is 5.32 Å². The van der Waals surface area contributed by atoms with Crippen LogP contribution in [0.4, 0.5) is 9.93 Å². The lowest BCUT2D eigenvalue weighted by atomic mass is 10.1. The molecule has 1 N–H and O–H groups in total. The fraction of sp³-hybridized carbons (Fsp3) is 0.364. The highest BCUT2D eigenvalue weighted by Crippen LogP contribution is 2.34. The van der Waals surface area contributed by atoms with Crippen LogP contribution in [0.2, 0.25) is 0 Å². The van der Waals surface area contributed by atoms with Crippen molar-refractivity contribution < 1.29 is 23.7 Å². The van der Waals surface area contributed by atoms with Gasteiger partial charge in [-0.2, -0.15) is 0 Å². The molecule has 0 aliphatic heterocycles. The molecule has 0 fully saturated rings. The van der Waals surface area contributed by atoms with Gasteiger partial charge in [0.05, 0.1) is 56.6 Å². The Hall–Kier alpha value is -1.70. The normalized spacial score (nSPS) is 10.9. The maximum Gasteiger partial charge on any atom is 0.324 e. The zero-order valence-electron chi connectivity index (χ0n) is 18.9. The van der Waals surface area contributed by atoms with Crippen LogP contribution in [0.1, 0.15) is 16.1 Å². The van der Waals surface area contributed by atoms with E-state index in [0.717, 1.165) is 24.4 Å². The third-order valence-electron chi connectivity index (χ3n) is 4.63. The van der Waals surface area contributed by atoms with Crippen molar-refractivity contribution >= 4 is 65.7 Å². The molecule has 0 unspecified atom stereocenters. The molecule has 12 heteroatoms. The third kappa shape index (κ3) is 7.65. The van der Waals surface area contributed by atoms with E-state index in [2.05, 4.69) is 42.2 Å². The molecule has 0 aliphatic carbocycles. The number of amides is 2. The zero-order chi connectivity index (χ0) is 24.5. The Labute approximate surface area is 223 Å². The average Bonchev–Trinajstić information content (AvgIpc) is 3.41. The second kappa shape index (κ2) is 13.4. The summed E-state index contributed by atoms with van der Waals surface area (Å²) in [4.78, 5) is 20.5. The number of benzene rings is 1. The van der Waals surface area contributed by atoms with Gasteiger partial charge in [-0.05, 0) is 50.1 Å². The van der Waals surface area contributed by atoms with Crippen LogP contribution >= 0.6 is 54.5 Å². The molecule has 3 aromatic rings. The van der Waals surface area contributed by atoms with Gasteiger partial charge in [-0.1, -0.05) is 0 Å². The molecule has 184 valence electrons. The summed E-state index contributed by atoms with van der Waals surface area (Å²) in [5, 5.41) is 5.29. The summed E-state index contributed by atoms with van der Waals surface area (Å²) >= 11 is 9.97. The number of aromatic nitrogens is 1. The average molecular weight is 635 g/mol. The number of nitrogens with one attached hydrogen (secondary N) is 1. The van der Waals surface area contributed by atoms with E-state index in [9.17, 15) is 4.79 Å². The second-order valence-electron chi connectivity index (χ2n) is 6.99. The summed E-state index contributed by atoms with van der Waals surface area (Å²) in [6, 6.07) is 7.29. The quantitative estimate of drug-likeness (QED) is 0.241. The van der Waals surface area contributed by atoms with E-state index in [-0.39, 0.29) is 6.03 Å². The number of carbonyl (C=O) groups is 1. The van der Waals surface area contributed by atoms with Gasteiger partial charge < -0.3 is 23.8 Å². The highest BCUT2D eigenvalue weighted by molar-refractivity contribution is 9.13. The molecule has 2 heterocycles. The monoisotopic (exact) mass is 633 g/mol. The molecular weight excluding hydrogens is 610 g/mol. The van der Waals surface area contributed by atoms with E-state index in [4.69, 9.17) is 18.9 Å². The number of nitrogens with zero attached hydrogens (tertiary/aromatic N) is 2. The van der Waals surface area contributed by atoms with Gasteiger partial charge in [0.1, 0.15) is 11.5 Å². The SMILES string of the molecule is COCCOCc1csc(NC(=O)N(Cc2cc(Br)c(Br)s2)Cc2ccc(OC)cc2OC)n1. The van der Waals surface area contributed by atoms with E-state index in [1.54, 1.807) is 43.6 Å². The summed E-state index contributed by atoms with van der Waals surface area (Å²) in [7, 11) is 4.83. The third-order valence-corrected chi connectivity index (χ3v) is 8.68. The molecule has 0 atom stereocenters. The first-order valence-corrected chi connectivity index (χ1v) is 13.4. The van der Waals surface area contributed by atoms with Crippen LogP contribution in [0, 0.1) is 0 Å². The number of halogens is 2. The van der Waals surface area contributed by atoms with Crippen LogP contribution in [-0.2, 0) is 29.2 Å². The molecule has 0 bridgehead atoms. The number of anilines is 1. The summed E-state index contributed by atoms with van der Waals surface area (Å²) < 4.78 is 23.2. The second-order valence-corrected chi connectivity index (χ2v) is 11.2. The lowest BCUT2D eigenvalue weighted by Gasteiger charge is -2.23. The van der Waals surface area contributed by atoms with Gasteiger partial charge in [0.25, 0.3) is 0 Å². The van der Waals surface area contributed by atoms with Crippen LogP contribution in [0.15, 0.2) is 37.9 Å². The van der Waals surface area contributed by atoms with E-state index in [0.29, 0.717) is 49.5 Å². The zero-order valence-corrected chi connectivity index (χ0v) is 23.7. The van der Waals surface area contributed by atoms with E-state index in [1.807, 2.05) is 23.6 Å². The van der Waals surface area contributed by atoms with Crippen LogP contribution in [0.25, 0.3) is 0 Å². The highest BCUT2D eigenvalue weighted by atomic mass is 79.9. The van der Waals surface area contributed by atoms with E-state index in [1.165, 1.54) is 11.3 Å². The molecule has 8 nitrogen and oxygen atoms in total. The largest absolute Gasteiger partial charge is 0.497 e. The molecular formula is C22H25Br2N3O5S2. The molecule has 0 saturated carbocycles. The van der Waals surface area contributed by atoms with Gasteiger partial charge in [0.15, 0.2) is 5.13 Å². The number of ether oxygens (including phenoxy) is 4. The Kier molecular flexibility index (Phi) is 10.6. The minimum absolute atomic E-state index is 0.264. The Morgan fingerprint density at radius 3 is 2.62 bits per heavy atom. The van der Waals surface area contributed by atoms with Crippen LogP contribution in [0.3, 0.4) is 0 Å². The van der Waals surface area contributed by atoms with E-state index < -0.39 is 0 Å². The molecule has 0 saturated heterocycles. The predicted molar refractivity (Wildman–Crippen MR) is 141 cm³/mol. The Morgan fingerprint density at radius 1 is 1.12 bits per heavy atom.